The van der Waals surface area contributed by atoms with Gasteiger partial charge in [-0.25, -0.2) is 9.37 Å². The van der Waals surface area contributed by atoms with Gasteiger partial charge in [-0.15, -0.1) is 0 Å². The van der Waals surface area contributed by atoms with E-state index in [1.54, 1.807) is 18.2 Å². The molecule has 26 heavy (non-hydrogen) atoms. The van der Waals surface area contributed by atoms with Crippen LogP contribution in [0, 0.1) is 12.7 Å². The summed E-state index contributed by atoms with van der Waals surface area (Å²) < 4.78 is 20.2. The van der Waals surface area contributed by atoms with E-state index in [-0.39, 0.29) is 30.9 Å². The quantitative estimate of drug-likeness (QED) is 0.592. The summed E-state index contributed by atoms with van der Waals surface area (Å²) in [5.41, 5.74) is 2.07. The van der Waals surface area contributed by atoms with Crippen LogP contribution in [0.25, 0.3) is 10.9 Å². The summed E-state index contributed by atoms with van der Waals surface area (Å²) in [7, 11) is 0. The number of fused-ring (bicyclic) bond motifs is 1. The number of benzene rings is 2. The van der Waals surface area contributed by atoms with Gasteiger partial charge in [0, 0.05) is 16.6 Å². The summed E-state index contributed by atoms with van der Waals surface area (Å²) in [6.07, 6.45) is 1.49. The standard InChI is InChI=1S/C19H16BrFN2O3/c1-12-3-2-4-15-18(12)22-11-23(19(15)25)8-7-17(24)26-10-13-5-6-14(21)9-16(13)20/h2-6,9,11H,7-8,10H2,1H3. The highest BCUT2D eigenvalue weighted by atomic mass is 79.9. The van der Waals surface area contributed by atoms with Crippen LogP contribution in [0.4, 0.5) is 4.39 Å². The van der Waals surface area contributed by atoms with Crippen molar-refractivity contribution in [2.75, 3.05) is 0 Å². The fraction of sp³-hybridized carbons (Fsp3) is 0.211. The maximum Gasteiger partial charge on any atom is 0.307 e. The predicted molar refractivity (Wildman–Crippen MR) is 99.3 cm³/mol. The van der Waals surface area contributed by atoms with E-state index in [1.165, 1.54) is 23.0 Å². The molecule has 0 unspecified atom stereocenters. The van der Waals surface area contributed by atoms with Crippen molar-refractivity contribution in [1.82, 2.24) is 9.55 Å². The minimum atomic E-state index is -0.447. The number of para-hydroxylation sites is 1. The van der Waals surface area contributed by atoms with Gasteiger partial charge < -0.3 is 4.74 Å². The highest BCUT2D eigenvalue weighted by Crippen LogP contribution is 2.19. The summed E-state index contributed by atoms with van der Waals surface area (Å²) in [4.78, 5) is 28.7. The normalized spacial score (nSPS) is 10.9. The van der Waals surface area contributed by atoms with Crippen LogP contribution in [-0.2, 0) is 22.7 Å². The van der Waals surface area contributed by atoms with Crippen molar-refractivity contribution in [2.45, 2.75) is 26.5 Å². The topological polar surface area (TPSA) is 61.2 Å². The molecule has 0 bridgehead atoms. The van der Waals surface area contributed by atoms with E-state index in [1.807, 2.05) is 13.0 Å². The van der Waals surface area contributed by atoms with Crippen LogP contribution in [0.15, 0.2) is 52.0 Å². The second-order valence-corrected chi connectivity index (χ2v) is 6.71. The third-order valence-corrected chi connectivity index (χ3v) is 4.75. The average Bonchev–Trinajstić information content (AvgIpc) is 2.61. The Bertz CT molecular complexity index is 1030. The Morgan fingerprint density at radius 3 is 2.88 bits per heavy atom. The number of hydrogen-bond acceptors (Lipinski definition) is 4. The lowest BCUT2D eigenvalue weighted by atomic mass is 10.1. The first-order chi connectivity index (χ1) is 12.5. The fourth-order valence-corrected chi connectivity index (χ4v) is 3.04. The van der Waals surface area contributed by atoms with Gasteiger partial charge >= 0.3 is 5.97 Å². The monoisotopic (exact) mass is 418 g/mol. The van der Waals surface area contributed by atoms with Crippen molar-refractivity contribution < 1.29 is 13.9 Å². The molecule has 1 heterocycles. The first-order valence-corrected chi connectivity index (χ1v) is 8.79. The van der Waals surface area contributed by atoms with E-state index < -0.39 is 5.97 Å². The van der Waals surface area contributed by atoms with Crippen molar-refractivity contribution in [3.8, 4) is 0 Å². The SMILES string of the molecule is Cc1cccc2c(=O)n(CCC(=O)OCc3ccc(F)cc3Br)cnc12. The van der Waals surface area contributed by atoms with Crippen LogP contribution in [0.5, 0.6) is 0 Å². The minimum absolute atomic E-state index is 0.0315. The molecule has 0 aliphatic rings. The molecule has 0 radical (unpaired) electrons. The van der Waals surface area contributed by atoms with Gasteiger partial charge in [-0.2, -0.15) is 0 Å². The van der Waals surface area contributed by atoms with Crippen LogP contribution >= 0.6 is 15.9 Å². The van der Waals surface area contributed by atoms with Crippen molar-refractivity contribution in [3.63, 3.8) is 0 Å². The summed E-state index contributed by atoms with van der Waals surface area (Å²) in [6.45, 7) is 2.10. The Morgan fingerprint density at radius 2 is 2.12 bits per heavy atom. The number of rotatable bonds is 5. The highest BCUT2D eigenvalue weighted by molar-refractivity contribution is 9.10. The Hall–Kier alpha value is -2.54. The van der Waals surface area contributed by atoms with Gasteiger partial charge in [0.15, 0.2) is 0 Å². The summed E-state index contributed by atoms with van der Waals surface area (Å²) in [6, 6.07) is 9.58. The average molecular weight is 419 g/mol. The second-order valence-electron chi connectivity index (χ2n) is 5.86. The Balaban J connectivity index is 1.63. The summed E-state index contributed by atoms with van der Waals surface area (Å²) >= 11 is 3.23. The molecule has 0 atom stereocenters. The van der Waals surface area contributed by atoms with E-state index in [0.29, 0.717) is 20.9 Å². The number of esters is 1. The van der Waals surface area contributed by atoms with Crippen molar-refractivity contribution in [3.05, 3.63) is 74.5 Å². The maximum absolute atomic E-state index is 13.1. The molecule has 0 aliphatic heterocycles. The molecule has 0 fully saturated rings. The zero-order valence-corrected chi connectivity index (χ0v) is 15.6. The molecule has 1 aromatic heterocycles. The van der Waals surface area contributed by atoms with E-state index in [2.05, 4.69) is 20.9 Å². The van der Waals surface area contributed by atoms with E-state index in [9.17, 15) is 14.0 Å². The number of halogens is 2. The molecule has 134 valence electrons. The molecular formula is C19H16BrFN2O3. The fourth-order valence-electron chi connectivity index (χ4n) is 2.58. The minimum Gasteiger partial charge on any atom is -0.461 e. The van der Waals surface area contributed by atoms with Gasteiger partial charge in [-0.05, 0) is 30.7 Å². The van der Waals surface area contributed by atoms with Gasteiger partial charge in [0.05, 0.1) is 23.7 Å². The first kappa shape index (κ1) is 18.3. The van der Waals surface area contributed by atoms with Crippen LogP contribution in [0.3, 0.4) is 0 Å². The summed E-state index contributed by atoms with van der Waals surface area (Å²) in [5, 5.41) is 0.524. The van der Waals surface area contributed by atoms with Gasteiger partial charge in [0.2, 0.25) is 0 Å². The second kappa shape index (κ2) is 7.78. The molecule has 5 nitrogen and oxygen atoms in total. The molecule has 2 aromatic carbocycles. The molecule has 3 aromatic rings. The molecule has 0 N–H and O–H groups in total. The number of carbonyl (C=O) groups is 1. The number of aromatic nitrogens is 2. The third kappa shape index (κ3) is 3.99. The molecule has 0 spiro atoms. The Morgan fingerprint density at radius 1 is 1.31 bits per heavy atom. The number of ether oxygens (including phenoxy) is 1. The van der Waals surface area contributed by atoms with Gasteiger partial charge in [0.25, 0.3) is 5.56 Å². The zero-order chi connectivity index (χ0) is 18.7. The molecule has 0 amide bonds. The van der Waals surface area contributed by atoms with E-state index in [4.69, 9.17) is 4.74 Å². The Kier molecular flexibility index (Phi) is 5.46. The lowest BCUT2D eigenvalue weighted by molar-refractivity contribution is -0.145. The molecule has 0 saturated heterocycles. The number of nitrogens with zero attached hydrogens (tertiary/aromatic N) is 2. The predicted octanol–water partition coefficient (Wildman–Crippen LogP) is 3.74. The van der Waals surface area contributed by atoms with E-state index in [0.717, 1.165) is 5.56 Å². The highest BCUT2D eigenvalue weighted by Gasteiger charge is 2.10. The zero-order valence-electron chi connectivity index (χ0n) is 14.0. The van der Waals surface area contributed by atoms with E-state index >= 15 is 0 Å². The Labute approximate surface area is 157 Å². The smallest absolute Gasteiger partial charge is 0.307 e. The number of aryl methyl sites for hydroxylation is 2. The van der Waals surface area contributed by atoms with Gasteiger partial charge in [-0.3, -0.25) is 14.2 Å². The van der Waals surface area contributed by atoms with Crippen molar-refractivity contribution >= 4 is 32.8 Å². The molecular weight excluding hydrogens is 403 g/mol. The maximum atomic E-state index is 13.1. The lowest BCUT2D eigenvalue weighted by Crippen LogP contribution is -2.22. The van der Waals surface area contributed by atoms with Crippen LogP contribution < -0.4 is 5.56 Å². The molecule has 0 saturated carbocycles. The molecule has 3 rings (SSSR count). The van der Waals surface area contributed by atoms with Crippen molar-refractivity contribution in [1.29, 1.82) is 0 Å². The third-order valence-electron chi connectivity index (χ3n) is 4.02. The number of carbonyl (C=O) groups excluding carboxylic acids is 1. The van der Waals surface area contributed by atoms with Crippen LogP contribution in [0.1, 0.15) is 17.5 Å². The molecule has 0 aliphatic carbocycles. The van der Waals surface area contributed by atoms with Gasteiger partial charge in [-0.1, -0.05) is 34.1 Å². The van der Waals surface area contributed by atoms with Crippen LogP contribution in [0.2, 0.25) is 0 Å². The summed E-state index contributed by atoms with van der Waals surface area (Å²) in [5.74, 6) is -0.817. The first-order valence-electron chi connectivity index (χ1n) is 8.00. The van der Waals surface area contributed by atoms with Gasteiger partial charge in [0.1, 0.15) is 12.4 Å². The molecule has 7 heteroatoms. The van der Waals surface area contributed by atoms with Crippen molar-refractivity contribution in [2.24, 2.45) is 0 Å². The van der Waals surface area contributed by atoms with Crippen LogP contribution in [-0.4, -0.2) is 15.5 Å². The lowest BCUT2D eigenvalue weighted by Gasteiger charge is -2.09. The number of hydrogen-bond donors (Lipinski definition) is 0. The largest absolute Gasteiger partial charge is 0.461 e.